The third-order valence-electron chi connectivity index (χ3n) is 31.9. The van der Waals surface area contributed by atoms with E-state index < -0.39 is 0 Å². The summed E-state index contributed by atoms with van der Waals surface area (Å²) in [4.78, 5) is 0. The molecule has 644 valence electrons. The molecule has 6 aromatic heterocycles. The summed E-state index contributed by atoms with van der Waals surface area (Å²) >= 11 is 0. The number of benzene rings is 18. The zero-order valence-corrected chi connectivity index (χ0v) is 80.0. The van der Waals surface area contributed by atoms with Crippen LogP contribution in [0.4, 0.5) is 0 Å². The third-order valence-corrected chi connectivity index (χ3v) is 31.9. The Morgan fingerprint density at radius 1 is 0.206 bits per heavy atom. The number of hydrogen-bond donors (Lipinski definition) is 0. The molecule has 24 rings (SSSR count). The second kappa shape index (κ2) is 29.5. The molecule has 3 nitrogen and oxygen atoms in total. The van der Waals surface area contributed by atoms with Crippen LogP contribution in [0.5, 0.6) is 0 Å². The van der Waals surface area contributed by atoms with Crippen molar-refractivity contribution in [3.63, 3.8) is 0 Å². The Morgan fingerprint density at radius 2 is 0.420 bits per heavy atom. The van der Waals surface area contributed by atoms with E-state index in [0.29, 0.717) is 41.4 Å². The molecule has 18 aromatic carbocycles. The van der Waals surface area contributed by atoms with Gasteiger partial charge < -0.3 is 13.2 Å². The first kappa shape index (κ1) is 81.2. The van der Waals surface area contributed by atoms with E-state index in [4.69, 9.17) is 0 Å². The second-order valence-electron chi connectivity index (χ2n) is 42.9. The molecule has 3 heteroatoms. The van der Waals surface area contributed by atoms with Crippen molar-refractivity contribution < 1.29 is 0 Å². The van der Waals surface area contributed by atoms with E-state index >= 15 is 0 Å². The Labute approximate surface area is 769 Å². The highest BCUT2D eigenvalue weighted by atomic mass is 14.9. The number of fused-ring (bicyclic) bond motifs is 24. The van der Waals surface area contributed by atoms with Crippen molar-refractivity contribution in [2.24, 2.45) is 0 Å². The Morgan fingerprint density at radius 3 is 0.649 bits per heavy atom. The SMILES string of the molecule is Cc1cc(C)c(-c2cc3c4cc5cc(C(C)C)ccc5cc4n4c5cc6ccc(C(C)CCC(C)c7ccc8cc9c(cc8c7)c7cc(-c8c(C)cc(C(C)C)cc8C)cc8c%10cc%11cc(C(C)CCC(C)c%12ccc%13cc%14c(cc%13c%12)c%12cc(-c%13c(C)cc(C(C)(C)C)cc%13C)cc%13c%15cc%16cc(C(C)C)ccc%16cc%15n%14c%13%12)ccc%11cc%10n9c78)cc6cc5c(c2)c34)c(C)c1. The van der Waals surface area contributed by atoms with Gasteiger partial charge in [0.1, 0.15) is 0 Å². The average molecular weight is 1700 g/mol. The Balaban J connectivity index is 0.532. The van der Waals surface area contributed by atoms with E-state index in [1.807, 2.05) is 0 Å². The van der Waals surface area contributed by atoms with Crippen molar-refractivity contribution in [1.82, 2.24) is 13.2 Å². The molecule has 0 N–H and O–H groups in total. The second-order valence-corrected chi connectivity index (χ2v) is 42.9. The molecule has 4 atom stereocenters. The van der Waals surface area contributed by atoms with E-state index in [1.165, 1.54) is 296 Å². The van der Waals surface area contributed by atoms with Crippen molar-refractivity contribution in [1.29, 1.82) is 0 Å². The van der Waals surface area contributed by atoms with Gasteiger partial charge in [-0.15, -0.1) is 0 Å². The lowest BCUT2D eigenvalue weighted by Crippen LogP contribution is -2.12. The molecule has 131 heavy (non-hydrogen) atoms. The highest BCUT2D eigenvalue weighted by Gasteiger charge is 2.29. The molecule has 0 radical (unpaired) electrons. The smallest absolute Gasteiger partial charge is 0.0620 e. The minimum absolute atomic E-state index is 0.0630. The minimum Gasteiger partial charge on any atom is -0.308 e. The number of hydrogen-bond acceptors (Lipinski definition) is 0. The fourth-order valence-electron chi connectivity index (χ4n) is 24.5. The number of aryl methyl sites for hydroxylation is 7. The molecule has 0 aliphatic heterocycles. The maximum absolute atomic E-state index is 2.62. The van der Waals surface area contributed by atoms with Gasteiger partial charge in [0, 0.05) is 64.6 Å². The first-order valence-electron chi connectivity index (χ1n) is 48.7. The van der Waals surface area contributed by atoms with Crippen LogP contribution in [0.25, 0.3) is 212 Å². The van der Waals surface area contributed by atoms with Gasteiger partial charge in [-0.05, 0) is 406 Å². The van der Waals surface area contributed by atoms with Gasteiger partial charge in [-0.25, -0.2) is 0 Å². The molecule has 6 heterocycles. The van der Waals surface area contributed by atoms with Crippen LogP contribution in [-0.2, 0) is 5.41 Å². The van der Waals surface area contributed by atoms with Crippen LogP contribution in [0.15, 0.2) is 255 Å². The maximum atomic E-state index is 2.62. The van der Waals surface area contributed by atoms with Crippen LogP contribution >= 0.6 is 0 Å². The van der Waals surface area contributed by atoms with Crippen molar-refractivity contribution in [2.75, 3.05) is 0 Å². The number of rotatable bonds is 16. The fourth-order valence-corrected chi connectivity index (χ4v) is 24.5. The van der Waals surface area contributed by atoms with Crippen LogP contribution in [-0.4, -0.2) is 13.2 Å². The van der Waals surface area contributed by atoms with Crippen molar-refractivity contribution >= 4 is 179 Å². The van der Waals surface area contributed by atoms with Gasteiger partial charge in [-0.3, -0.25) is 0 Å². The number of aromatic nitrogens is 3. The van der Waals surface area contributed by atoms with Crippen LogP contribution < -0.4 is 0 Å². The summed E-state index contributed by atoms with van der Waals surface area (Å²) in [6.45, 7) is 46.8. The first-order valence-corrected chi connectivity index (χ1v) is 48.7. The van der Waals surface area contributed by atoms with Gasteiger partial charge in [0.15, 0.2) is 0 Å². The molecule has 0 spiro atoms. The van der Waals surface area contributed by atoms with Crippen molar-refractivity contribution in [3.8, 4) is 33.4 Å². The summed E-state index contributed by atoms with van der Waals surface area (Å²) in [6, 6.07) is 103. The van der Waals surface area contributed by atoms with E-state index in [2.05, 4.69) is 406 Å². The highest BCUT2D eigenvalue weighted by Crippen LogP contribution is 2.52. The standard InChI is InChI=1S/C128H117N3/c1-67(2)81-25-31-87-61-116-104(49-94(87)43-81)110-55-100(122-75(12)37-70(7)38-76(122)13)56-111-106-51-96-45-83(27-33-89(96)63-118(106)129(116)125(110)111)71(8)21-22-72(9)84-28-34-90-64-119-107(52-97(90)46-84)112-57-101(123-77(14)39-93(69(5)6)40-78(123)15)58-113-108-53-98-47-85(29-35-91(98)65-120(108)131(119)126(112)113)73(10)23-24-74(11)86-30-36-92-66-121-109(54-99(92)48-86)115-60-102(124-79(16)41-103(42-80(124)17)128(18,19)20)59-114-105-50-95-44-82(68(3)4)26-32-88(95)62-117(105)130(121)127(114)115/h25-69,71-74H,21-24H2,1-20H3. The largest absolute Gasteiger partial charge is 0.308 e. The van der Waals surface area contributed by atoms with E-state index in [0.717, 1.165) is 25.7 Å². The first-order chi connectivity index (χ1) is 63.0. The molecule has 0 aliphatic rings. The van der Waals surface area contributed by atoms with Gasteiger partial charge >= 0.3 is 0 Å². The zero-order chi connectivity index (χ0) is 90.0. The summed E-state index contributed by atoms with van der Waals surface area (Å²) in [6.07, 6.45) is 4.37. The predicted octanol–water partition coefficient (Wildman–Crippen LogP) is 37.3. The van der Waals surface area contributed by atoms with E-state index in [1.54, 1.807) is 0 Å². The van der Waals surface area contributed by atoms with Gasteiger partial charge in [-0.1, -0.05) is 241 Å². The number of nitrogens with zero attached hydrogens (tertiary/aromatic N) is 3. The molecule has 24 aromatic rings. The van der Waals surface area contributed by atoms with Crippen LogP contribution in [0, 0.1) is 48.5 Å². The monoisotopic (exact) mass is 1700 g/mol. The normalized spacial score (nSPS) is 13.9. The topological polar surface area (TPSA) is 13.2 Å². The third kappa shape index (κ3) is 12.7. The Bertz CT molecular complexity index is 8860. The lowest BCUT2D eigenvalue weighted by Gasteiger charge is -2.22. The lowest BCUT2D eigenvalue weighted by molar-refractivity contribution is 0.574. The fraction of sp³-hybridized carbons (Fsp3) is 0.250. The summed E-state index contributed by atoms with van der Waals surface area (Å²) in [5.74, 6) is 2.89. The Hall–Kier alpha value is -13.1. The molecule has 4 unspecified atom stereocenters. The molecular formula is C128H117N3. The van der Waals surface area contributed by atoms with E-state index in [9.17, 15) is 0 Å². The van der Waals surface area contributed by atoms with Gasteiger partial charge in [0.2, 0.25) is 0 Å². The molecular weight excluding hydrogens is 1580 g/mol. The summed E-state index contributed by atoms with van der Waals surface area (Å²) in [5, 5.41) is 31.5. The van der Waals surface area contributed by atoms with E-state index in [-0.39, 0.29) is 5.41 Å². The Kier molecular flexibility index (Phi) is 18.3. The molecule has 0 saturated carbocycles. The molecule has 0 saturated heterocycles. The molecule has 0 amide bonds. The molecule has 0 bridgehead atoms. The van der Waals surface area contributed by atoms with Gasteiger partial charge in [0.05, 0.1) is 49.7 Å². The maximum Gasteiger partial charge on any atom is 0.0620 e. The van der Waals surface area contributed by atoms with Gasteiger partial charge in [-0.2, -0.15) is 0 Å². The minimum atomic E-state index is 0.0630. The zero-order valence-electron chi connectivity index (χ0n) is 80.0. The van der Waals surface area contributed by atoms with Crippen molar-refractivity contribution in [2.45, 2.75) is 211 Å². The summed E-state index contributed by atoms with van der Waals surface area (Å²) in [7, 11) is 0. The molecule has 0 aliphatic carbocycles. The lowest BCUT2D eigenvalue weighted by atomic mass is 9.82. The van der Waals surface area contributed by atoms with Crippen LogP contribution in [0.3, 0.4) is 0 Å². The summed E-state index contributed by atoms with van der Waals surface area (Å²) in [5.41, 5.74) is 40.1. The quantitative estimate of drug-likeness (QED) is 0.0915. The van der Waals surface area contributed by atoms with Crippen molar-refractivity contribution in [3.05, 3.63) is 338 Å². The van der Waals surface area contributed by atoms with Gasteiger partial charge in [0.25, 0.3) is 0 Å². The molecule has 0 fully saturated rings. The summed E-state index contributed by atoms with van der Waals surface area (Å²) < 4.78 is 7.80. The average Bonchev–Trinajstić information content (AvgIpc) is 1.54. The highest BCUT2D eigenvalue weighted by molar-refractivity contribution is 6.31. The van der Waals surface area contributed by atoms with Crippen LogP contribution in [0.2, 0.25) is 0 Å². The predicted molar refractivity (Wildman–Crippen MR) is 571 cm³/mol. The van der Waals surface area contributed by atoms with Crippen LogP contribution in [0.1, 0.15) is 241 Å².